The number of aryl methyl sites for hydroxylation is 1. The van der Waals surface area contributed by atoms with Gasteiger partial charge in [0.15, 0.2) is 5.16 Å². The number of piperazine rings is 1. The summed E-state index contributed by atoms with van der Waals surface area (Å²) in [6.45, 7) is 7.58. The van der Waals surface area contributed by atoms with Crippen LogP contribution in [0.4, 0.5) is 11.5 Å². The molecule has 1 aliphatic heterocycles. The number of carboxylic acids is 1. The van der Waals surface area contributed by atoms with Gasteiger partial charge in [0.1, 0.15) is 5.82 Å². The molecule has 0 spiro atoms. The molecule has 0 radical (unpaired) electrons. The molecule has 1 aromatic heterocycles. The molecule has 0 unspecified atom stereocenters. The zero-order valence-corrected chi connectivity index (χ0v) is 19.7. The SMILES string of the molecule is Cc1nc(SCc2ccc(C(=O)O)cc2)nc(N2CCN(c3ccccc3Cl)CC2)c1C. The highest BCUT2D eigenvalue weighted by Gasteiger charge is 2.22. The minimum Gasteiger partial charge on any atom is -0.478 e. The number of carbonyl (C=O) groups is 1. The largest absolute Gasteiger partial charge is 0.478 e. The van der Waals surface area contributed by atoms with Crippen molar-refractivity contribution in [3.63, 3.8) is 0 Å². The average Bonchev–Trinajstić information content (AvgIpc) is 2.80. The van der Waals surface area contributed by atoms with Crippen LogP contribution in [0.15, 0.2) is 53.7 Å². The van der Waals surface area contributed by atoms with Gasteiger partial charge in [0.05, 0.1) is 16.3 Å². The van der Waals surface area contributed by atoms with Crippen LogP contribution in [0.5, 0.6) is 0 Å². The molecule has 0 amide bonds. The molecule has 166 valence electrons. The average molecular weight is 469 g/mol. The van der Waals surface area contributed by atoms with Gasteiger partial charge in [-0.05, 0) is 43.7 Å². The Labute approximate surface area is 197 Å². The number of aromatic carboxylic acids is 1. The standard InChI is InChI=1S/C24H25ClN4O2S/c1-16-17(2)26-24(32-15-18-7-9-19(10-8-18)23(30)31)27-22(16)29-13-11-28(12-14-29)21-6-4-3-5-20(21)25/h3-10H,11-15H2,1-2H3,(H,30,31). The Kier molecular flexibility index (Phi) is 6.86. The Morgan fingerprint density at radius 3 is 2.31 bits per heavy atom. The summed E-state index contributed by atoms with van der Waals surface area (Å²) < 4.78 is 0. The molecule has 0 saturated carbocycles. The van der Waals surface area contributed by atoms with Crippen molar-refractivity contribution < 1.29 is 9.90 Å². The highest BCUT2D eigenvalue weighted by molar-refractivity contribution is 7.98. The van der Waals surface area contributed by atoms with E-state index in [4.69, 9.17) is 21.7 Å². The van der Waals surface area contributed by atoms with Gasteiger partial charge in [-0.3, -0.25) is 0 Å². The first kappa shape index (κ1) is 22.4. The molecule has 0 atom stereocenters. The van der Waals surface area contributed by atoms with Gasteiger partial charge in [0.2, 0.25) is 0 Å². The molecule has 0 bridgehead atoms. The van der Waals surface area contributed by atoms with E-state index in [1.54, 1.807) is 23.9 Å². The van der Waals surface area contributed by atoms with Crippen molar-refractivity contribution in [3.05, 3.63) is 75.9 Å². The van der Waals surface area contributed by atoms with Gasteiger partial charge in [-0.25, -0.2) is 14.8 Å². The van der Waals surface area contributed by atoms with Crippen LogP contribution < -0.4 is 9.80 Å². The van der Waals surface area contributed by atoms with Crippen molar-refractivity contribution in [2.75, 3.05) is 36.0 Å². The number of rotatable bonds is 6. The first-order valence-electron chi connectivity index (χ1n) is 10.5. The lowest BCUT2D eigenvalue weighted by Crippen LogP contribution is -2.47. The highest BCUT2D eigenvalue weighted by Crippen LogP contribution is 2.29. The summed E-state index contributed by atoms with van der Waals surface area (Å²) >= 11 is 7.94. The van der Waals surface area contributed by atoms with E-state index in [1.165, 1.54) is 0 Å². The van der Waals surface area contributed by atoms with Crippen molar-refractivity contribution in [2.45, 2.75) is 24.8 Å². The van der Waals surface area contributed by atoms with Crippen molar-refractivity contribution in [1.29, 1.82) is 0 Å². The van der Waals surface area contributed by atoms with E-state index in [0.29, 0.717) is 11.3 Å². The van der Waals surface area contributed by atoms with Gasteiger partial charge < -0.3 is 14.9 Å². The van der Waals surface area contributed by atoms with Crippen molar-refractivity contribution in [3.8, 4) is 0 Å². The summed E-state index contributed by atoms with van der Waals surface area (Å²) in [7, 11) is 0. The lowest BCUT2D eigenvalue weighted by atomic mass is 10.1. The fourth-order valence-electron chi connectivity index (χ4n) is 3.72. The maximum absolute atomic E-state index is 11.0. The van der Waals surface area contributed by atoms with E-state index in [1.807, 2.05) is 37.3 Å². The Bertz CT molecular complexity index is 1120. The maximum Gasteiger partial charge on any atom is 0.335 e. The van der Waals surface area contributed by atoms with E-state index >= 15 is 0 Å². The Hall–Kier alpha value is -2.77. The van der Waals surface area contributed by atoms with Gasteiger partial charge in [-0.15, -0.1) is 0 Å². The van der Waals surface area contributed by atoms with E-state index in [9.17, 15) is 4.79 Å². The molecule has 32 heavy (non-hydrogen) atoms. The summed E-state index contributed by atoms with van der Waals surface area (Å²) in [5.41, 5.74) is 4.49. The van der Waals surface area contributed by atoms with Gasteiger partial charge in [-0.2, -0.15) is 0 Å². The zero-order valence-electron chi connectivity index (χ0n) is 18.1. The van der Waals surface area contributed by atoms with Crippen LogP contribution >= 0.6 is 23.4 Å². The molecule has 6 nitrogen and oxygen atoms in total. The van der Waals surface area contributed by atoms with E-state index in [-0.39, 0.29) is 0 Å². The quantitative estimate of drug-likeness (QED) is 0.400. The summed E-state index contributed by atoms with van der Waals surface area (Å²) in [4.78, 5) is 25.2. The van der Waals surface area contributed by atoms with E-state index < -0.39 is 5.97 Å². The number of thioether (sulfide) groups is 1. The molecule has 1 N–H and O–H groups in total. The fourth-order valence-corrected chi connectivity index (χ4v) is 4.82. The third-order valence-corrected chi connectivity index (χ3v) is 6.92. The normalized spacial score (nSPS) is 14.0. The smallest absolute Gasteiger partial charge is 0.335 e. The summed E-state index contributed by atoms with van der Waals surface area (Å²) in [6, 6.07) is 14.9. The number of nitrogens with zero attached hydrogens (tertiary/aromatic N) is 4. The monoisotopic (exact) mass is 468 g/mol. The maximum atomic E-state index is 11.0. The van der Waals surface area contributed by atoms with Crippen LogP contribution in [0, 0.1) is 13.8 Å². The number of hydrogen-bond acceptors (Lipinski definition) is 6. The number of halogens is 1. The van der Waals surface area contributed by atoms with Crippen molar-refractivity contribution in [2.24, 2.45) is 0 Å². The van der Waals surface area contributed by atoms with Crippen LogP contribution in [-0.4, -0.2) is 47.2 Å². The zero-order chi connectivity index (χ0) is 22.7. The summed E-state index contributed by atoms with van der Waals surface area (Å²) in [5.74, 6) is 0.753. The number of hydrogen-bond donors (Lipinski definition) is 1. The predicted molar refractivity (Wildman–Crippen MR) is 130 cm³/mol. The summed E-state index contributed by atoms with van der Waals surface area (Å²) in [6.07, 6.45) is 0. The summed E-state index contributed by atoms with van der Waals surface area (Å²) in [5, 5.41) is 10.6. The second-order valence-corrected chi connectivity index (χ2v) is 9.11. The van der Waals surface area contributed by atoms with Gasteiger partial charge in [0.25, 0.3) is 0 Å². The van der Waals surface area contributed by atoms with Crippen LogP contribution in [0.25, 0.3) is 0 Å². The molecule has 2 heterocycles. The van der Waals surface area contributed by atoms with Crippen molar-refractivity contribution >= 4 is 40.8 Å². The molecule has 1 fully saturated rings. The fraction of sp³-hybridized carbons (Fsp3) is 0.292. The lowest BCUT2D eigenvalue weighted by molar-refractivity contribution is 0.0697. The second-order valence-electron chi connectivity index (χ2n) is 7.76. The Morgan fingerprint density at radius 2 is 1.66 bits per heavy atom. The van der Waals surface area contributed by atoms with Crippen LogP contribution in [0.1, 0.15) is 27.2 Å². The van der Waals surface area contributed by atoms with Gasteiger partial charge in [0, 0.05) is 43.2 Å². The molecule has 0 aliphatic carbocycles. The van der Waals surface area contributed by atoms with E-state index in [2.05, 4.69) is 27.8 Å². The van der Waals surface area contributed by atoms with Crippen LogP contribution in [0.2, 0.25) is 5.02 Å². The highest BCUT2D eigenvalue weighted by atomic mass is 35.5. The number of benzene rings is 2. The molecular weight excluding hydrogens is 444 g/mol. The molecule has 8 heteroatoms. The lowest BCUT2D eigenvalue weighted by Gasteiger charge is -2.37. The van der Waals surface area contributed by atoms with E-state index in [0.717, 1.165) is 64.7 Å². The Morgan fingerprint density at radius 1 is 1.00 bits per heavy atom. The van der Waals surface area contributed by atoms with Crippen LogP contribution in [0.3, 0.4) is 0 Å². The number of anilines is 2. The number of carboxylic acid groups (broad SMARTS) is 1. The number of aromatic nitrogens is 2. The minimum atomic E-state index is -0.916. The second kappa shape index (κ2) is 9.79. The molecule has 4 rings (SSSR count). The first-order chi connectivity index (χ1) is 15.4. The topological polar surface area (TPSA) is 69.6 Å². The molecule has 2 aromatic carbocycles. The molecular formula is C24H25ClN4O2S. The molecule has 1 saturated heterocycles. The van der Waals surface area contributed by atoms with Gasteiger partial charge in [-0.1, -0.05) is 47.6 Å². The predicted octanol–water partition coefficient (Wildman–Crippen LogP) is 5.06. The minimum absolute atomic E-state index is 0.291. The molecule has 1 aliphatic rings. The third-order valence-electron chi connectivity index (χ3n) is 5.68. The Balaban J connectivity index is 1.44. The van der Waals surface area contributed by atoms with Crippen molar-refractivity contribution in [1.82, 2.24) is 9.97 Å². The van der Waals surface area contributed by atoms with Gasteiger partial charge >= 0.3 is 5.97 Å². The third kappa shape index (κ3) is 5.00. The number of para-hydroxylation sites is 1. The van der Waals surface area contributed by atoms with Crippen LogP contribution in [-0.2, 0) is 5.75 Å². The molecule has 3 aromatic rings. The first-order valence-corrected chi connectivity index (χ1v) is 11.8.